The summed E-state index contributed by atoms with van der Waals surface area (Å²) in [6, 6.07) is 12.6. The van der Waals surface area contributed by atoms with Gasteiger partial charge in [0.1, 0.15) is 12.4 Å². The molecule has 146 valence electrons. The molecule has 0 saturated heterocycles. The van der Waals surface area contributed by atoms with Crippen LogP contribution in [-0.2, 0) is 13.7 Å². The first kappa shape index (κ1) is 18.7. The van der Waals surface area contributed by atoms with Crippen LogP contribution in [0.4, 0.5) is 8.78 Å². The molecule has 2 aromatic carbocycles. The monoisotopic (exact) mass is 404 g/mol. The normalized spacial score (nSPS) is 13.9. The van der Waals surface area contributed by atoms with Crippen molar-refractivity contribution in [3.63, 3.8) is 0 Å². The van der Waals surface area contributed by atoms with E-state index in [2.05, 4.69) is 10.4 Å². The van der Waals surface area contributed by atoms with Gasteiger partial charge in [-0.05, 0) is 52.9 Å². The van der Waals surface area contributed by atoms with Crippen molar-refractivity contribution in [3.05, 3.63) is 64.1 Å². The molecule has 1 fully saturated rings. The summed E-state index contributed by atoms with van der Waals surface area (Å²) >= 11 is 0.421. The highest BCUT2D eigenvalue weighted by molar-refractivity contribution is 7.99. The maximum Gasteiger partial charge on any atom is 0.368 e. The lowest BCUT2D eigenvalue weighted by atomic mass is 10.1. The molecule has 0 atom stereocenters. The number of rotatable bonds is 7. The minimum absolute atomic E-state index is 0.0397. The molecule has 0 amide bonds. The number of tetrazole rings is 1. The van der Waals surface area contributed by atoms with Gasteiger partial charge in [-0.2, -0.15) is 18.1 Å². The van der Waals surface area contributed by atoms with Gasteiger partial charge in [-0.25, -0.2) is 4.79 Å². The molecular weight excluding hydrogens is 386 g/mol. The molecule has 1 heterocycles. The summed E-state index contributed by atoms with van der Waals surface area (Å²) in [5.41, 5.74) is 1.52. The second kappa shape index (κ2) is 7.75. The Labute approximate surface area is 164 Å². The summed E-state index contributed by atoms with van der Waals surface area (Å²) < 4.78 is 34.4. The molecule has 6 nitrogen and oxygen atoms in total. The van der Waals surface area contributed by atoms with Crippen molar-refractivity contribution in [1.82, 2.24) is 19.8 Å². The van der Waals surface area contributed by atoms with Crippen LogP contribution >= 0.6 is 11.8 Å². The quantitative estimate of drug-likeness (QED) is 0.562. The Kier molecular flexibility index (Phi) is 5.17. The molecule has 0 unspecified atom stereocenters. The number of ether oxygens (including phenoxy) is 1. The van der Waals surface area contributed by atoms with Crippen LogP contribution in [0.2, 0.25) is 0 Å². The zero-order valence-electron chi connectivity index (χ0n) is 15.1. The fourth-order valence-electron chi connectivity index (χ4n) is 3.06. The summed E-state index contributed by atoms with van der Waals surface area (Å²) in [5.74, 6) is -1.37. The van der Waals surface area contributed by atoms with Gasteiger partial charge >= 0.3 is 5.69 Å². The van der Waals surface area contributed by atoms with Gasteiger partial charge in [0.25, 0.3) is 5.76 Å². The number of thioether (sulfide) groups is 1. The molecule has 0 bridgehead atoms. The Morgan fingerprint density at radius 3 is 2.64 bits per heavy atom. The van der Waals surface area contributed by atoms with Gasteiger partial charge in [0.05, 0.1) is 5.69 Å². The van der Waals surface area contributed by atoms with Gasteiger partial charge < -0.3 is 4.74 Å². The number of benzene rings is 2. The van der Waals surface area contributed by atoms with E-state index in [0.29, 0.717) is 33.8 Å². The fraction of sp³-hybridized carbons (Fsp3) is 0.316. The molecular formula is C19H18F2N4O2S. The second-order valence-electron chi connectivity index (χ2n) is 6.53. The molecule has 0 aliphatic heterocycles. The maximum atomic E-state index is 13.1. The number of hydrogen-bond acceptors (Lipinski definition) is 5. The molecule has 28 heavy (non-hydrogen) atoms. The largest absolute Gasteiger partial charge is 0.488 e. The topological polar surface area (TPSA) is 61.9 Å². The molecule has 0 N–H and O–H groups in total. The smallest absolute Gasteiger partial charge is 0.368 e. The minimum Gasteiger partial charge on any atom is -0.488 e. The van der Waals surface area contributed by atoms with E-state index in [9.17, 15) is 13.6 Å². The molecule has 0 radical (unpaired) electrons. The van der Waals surface area contributed by atoms with Gasteiger partial charge in [0.15, 0.2) is 0 Å². The first-order valence-corrected chi connectivity index (χ1v) is 9.70. The average Bonchev–Trinajstić information content (AvgIpc) is 3.47. The summed E-state index contributed by atoms with van der Waals surface area (Å²) in [6.45, 7) is 0.0397. The van der Waals surface area contributed by atoms with Crippen LogP contribution in [0.5, 0.6) is 5.75 Å². The highest BCUT2D eigenvalue weighted by Crippen LogP contribution is 2.44. The molecule has 1 saturated carbocycles. The van der Waals surface area contributed by atoms with E-state index in [1.807, 2.05) is 24.3 Å². The Morgan fingerprint density at radius 1 is 1.18 bits per heavy atom. The van der Waals surface area contributed by atoms with E-state index >= 15 is 0 Å². The summed E-state index contributed by atoms with van der Waals surface area (Å²) in [6.07, 6.45) is 2.25. The van der Waals surface area contributed by atoms with Crippen molar-refractivity contribution >= 4 is 11.8 Å². The van der Waals surface area contributed by atoms with Crippen LogP contribution < -0.4 is 10.4 Å². The van der Waals surface area contributed by atoms with Gasteiger partial charge in [-0.1, -0.05) is 36.0 Å². The highest BCUT2D eigenvalue weighted by atomic mass is 32.2. The predicted octanol–water partition coefficient (Wildman–Crippen LogP) is 3.74. The van der Waals surface area contributed by atoms with Crippen molar-refractivity contribution < 1.29 is 13.5 Å². The minimum atomic E-state index is -2.59. The maximum absolute atomic E-state index is 13.1. The van der Waals surface area contributed by atoms with Crippen LogP contribution in [0.1, 0.15) is 29.9 Å². The van der Waals surface area contributed by atoms with Crippen molar-refractivity contribution in [2.24, 2.45) is 7.05 Å². The van der Waals surface area contributed by atoms with E-state index in [1.54, 1.807) is 18.2 Å². The van der Waals surface area contributed by atoms with Gasteiger partial charge in [-0.3, -0.25) is 0 Å². The second-order valence-corrected chi connectivity index (χ2v) is 7.56. The third-order valence-corrected chi connectivity index (χ3v) is 5.40. The molecule has 1 aliphatic carbocycles. The van der Waals surface area contributed by atoms with Crippen molar-refractivity contribution in [2.45, 2.75) is 36.0 Å². The lowest BCUT2D eigenvalue weighted by molar-refractivity contribution is 0.251. The standard InChI is InChI=1S/C19H18F2N4O2S/c1-24-19(26)25(23-22-24)15-6-4-8-17(28-18(20)21)14(15)11-27-16-7-3-2-5-13(16)12-9-10-12/h2-8,12,18H,9-11H2,1H3. The number of aromatic nitrogens is 4. The third-order valence-electron chi connectivity index (χ3n) is 4.58. The van der Waals surface area contributed by atoms with E-state index in [-0.39, 0.29) is 6.61 Å². The van der Waals surface area contributed by atoms with Gasteiger partial charge in [0.2, 0.25) is 0 Å². The van der Waals surface area contributed by atoms with Crippen LogP contribution in [0.3, 0.4) is 0 Å². The Balaban J connectivity index is 1.72. The highest BCUT2D eigenvalue weighted by Gasteiger charge is 2.27. The van der Waals surface area contributed by atoms with E-state index < -0.39 is 11.4 Å². The lowest BCUT2D eigenvalue weighted by Crippen LogP contribution is -2.23. The summed E-state index contributed by atoms with van der Waals surface area (Å²) in [4.78, 5) is 12.6. The average molecular weight is 404 g/mol. The summed E-state index contributed by atoms with van der Waals surface area (Å²) in [5, 5.41) is 7.55. The number of halogens is 2. The fourth-order valence-corrected chi connectivity index (χ4v) is 3.72. The Morgan fingerprint density at radius 2 is 1.96 bits per heavy atom. The molecule has 0 spiro atoms. The Hall–Kier alpha value is -2.68. The molecule has 3 aromatic rings. The molecule has 4 rings (SSSR count). The number of para-hydroxylation sites is 1. The molecule has 1 aromatic heterocycles. The van der Waals surface area contributed by atoms with Crippen molar-refractivity contribution in [2.75, 3.05) is 0 Å². The Bertz CT molecular complexity index is 1050. The zero-order chi connectivity index (χ0) is 19.7. The summed E-state index contributed by atoms with van der Waals surface area (Å²) in [7, 11) is 1.48. The number of nitrogens with zero attached hydrogens (tertiary/aromatic N) is 4. The molecule has 1 aliphatic rings. The van der Waals surface area contributed by atoms with E-state index in [1.165, 1.54) is 7.05 Å². The first-order valence-electron chi connectivity index (χ1n) is 8.82. The van der Waals surface area contributed by atoms with Crippen molar-refractivity contribution in [1.29, 1.82) is 0 Å². The molecule has 9 heteroatoms. The van der Waals surface area contributed by atoms with Crippen LogP contribution in [-0.4, -0.2) is 25.5 Å². The van der Waals surface area contributed by atoms with E-state index in [0.717, 1.165) is 33.5 Å². The number of aryl methyl sites for hydroxylation is 1. The SMILES string of the molecule is Cn1nnn(-c2cccc(SC(F)F)c2COc2ccccc2C2CC2)c1=O. The number of alkyl halides is 2. The first-order chi connectivity index (χ1) is 13.5. The van der Waals surface area contributed by atoms with Crippen LogP contribution in [0.15, 0.2) is 52.2 Å². The zero-order valence-corrected chi connectivity index (χ0v) is 15.9. The third kappa shape index (κ3) is 3.80. The number of hydrogen-bond donors (Lipinski definition) is 0. The van der Waals surface area contributed by atoms with Crippen molar-refractivity contribution in [3.8, 4) is 11.4 Å². The van der Waals surface area contributed by atoms with Crippen LogP contribution in [0.25, 0.3) is 5.69 Å². The lowest BCUT2D eigenvalue weighted by Gasteiger charge is -2.16. The predicted molar refractivity (Wildman–Crippen MR) is 101 cm³/mol. The van der Waals surface area contributed by atoms with Gasteiger partial charge in [-0.15, -0.1) is 0 Å². The van der Waals surface area contributed by atoms with Gasteiger partial charge in [0, 0.05) is 17.5 Å². The van der Waals surface area contributed by atoms with E-state index in [4.69, 9.17) is 4.74 Å². The van der Waals surface area contributed by atoms with Crippen LogP contribution in [0, 0.1) is 0 Å².